The molecule has 0 amide bonds. The molecule has 84 valence electrons. The van der Waals surface area contributed by atoms with E-state index < -0.39 is 0 Å². The van der Waals surface area contributed by atoms with E-state index in [0.29, 0.717) is 6.42 Å². The summed E-state index contributed by atoms with van der Waals surface area (Å²) in [5.41, 5.74) is 1.13. The molecule has 1 nitrogen and oxygen atoms in total. The van der Waals surface area contributed by atoms with Crippen LogP contribution >= 0.6 is 54.5 Å². The molecular formula is C11H8Br2OS2. The number of aryl methyl sites for hydroxylation is 1. The zero-order valence-electron chi connectivity index (χ0n) is 8.42. The Morgan fingerprint density at radius 1 is 1.31 bits per heavy atom. The van der Waals surface area contributed by atoms with Crippen molar-refractivity contribution in [1.29, 1.82) is 0 Å². The van der Waals surface area contributed by atoms with Crippen LogP contribution in [-0.4, -0.2) is 5.78 Å². The van der Waals surface area contributed by atoms with Gasteiger partial charge in [-0.2, -0.15) is 0 Å². The summed E-state index contributed by atoms with van der Waals surface area (Å²) in [7, 11) is 0. The van der Waals surface area contributed by atoms with Gasteiger partial charge in [-0.15, -0.1) is 22.7 Å². The molecule has 0 aromatic carbocycles. The van der Waals surface area contributed by atoms with E-state index in [1.165, 1.54) is 11.3 Å². The summed E-state index contributed by atoms with van der Waals surface area (Å²) in [5.74, 6) is 0.188. The summed E-state index contributed by atoms with van der Waals surface area (Å²) in [4.78, 5) is 13.9. The predicted octanol–water partition coefficient (Wildman–Crippen LogP) is 5.07. The lowest BCUT2D eigenvalue weighted by molar-refractivity contribution is 0.0997. The number of hydrogen-bond acceptors (Lipinski definition) is 3. The van der Waals surface area contributed by atoms with Crippen LogP contribution in [0, 0.1) is 6.92 Å². The largest absolute Gasteiger partial charge is 0.293 e. The Labute approximate surface area is 119 Å². The number of ketones is 1. The summed E-state index contributed by atoms with van der Waals surface area (Å²) in [6.45, 7) is 2.00. The molecule has 2 aromatic heterocycles. The van der Waals surface area contributed by atoms with Gasteiger partial charge in [0.15, 0.2) is 5.78 Å². The van der Waals surface area contributed by atoms with Gasteiger partial charge in [-0.3, -0.25) is 4.79 Å². The highest BCUT2D eigenvalue weighted by molar-refractivity contribution is 9.11. The molecule has 16 heavy (non-hydrogen) atoms. The fraction of sp³-hybridized carbons (Fsp3) is 0.182. The average molecular weight is 380 g/mol. The third kappa shape index (κ3) is 2.83. The highest BCUT2D eigenvalue weighted by Crippen LogP contribution is 2.29. The Kier molecular flexibility index (Phi) is 4.00. The Morgan fingerprint density at radius 3 is 2.56 bits per heavy atom. The lowest BCUT2D eigenvalue weighted by atomic mass is 10.2. The van der Waals surface area contributed by atoms with Crippen molar-refractivity contribution in [2.45, 2.75) is 13.3 Å². The third-order valence-corrected chi connectivity index (χ3v) is 5.90. The van der Waals surface area contributed by atoms with Crippen molar-refractivity contribution >= 4 is 60.3 Å². The van der Waals surface area contributed by atoms with E-state index in [-0.39, 0.29) is 5.78 Å². The van der Waals surface area contributed by atoms with Crippen molar-refractivity contribution in [1.82, 2.24) is 0 Å². The first-order valence-electron chi connectivity index (χ1n) is 4.59. The van der Waals surface area contributed by atoms with Gasteiger partial charge in [-0.05, 0) is 62.5 Å². The standard InChI is InChI=1S/C11H8Br2OS2/c1-6-4-9(16-11(6)13)8(14)5-7-2-3-10(12)15-7/h2-4H,5H2,1H3. The molecule has 0 radical (unpaired) electrons. The first-order valence-corrected chi connectivity index (χ1v) is 7.81. The van der Waals surface area contributed by atoms with Crippen molar-refractivity contribution in [2.75, 3.05) is 0 Å². The van der Waals surface area contributed by atoms with E-state index in [4.69, 9.17) is 0 Å². The van der Waals surface area contributed by atoms with Gasteiger partial charge >= 0.3 is 0 Å². The molecule has 2 heterocycles. The summed E-state index contributed by atoms with van der Waals surface area (Å²) in [6.07, 6.45) is 0.489. The fourth-order valence-electron chi connectivity index (χ4n) is 1.29. The van der Waals surface area contributed by atoms with E-state index in [1.807, 2.05) is 25.1 Å². The predicted molar refractivity (Wildman–Crippen MR) is 76.8 cm³/mol. The summed E-state index contributed by atoms with van der Waals surface area (Å²) in [5, 5.41) is 0. The smallest absolute Gasteiger partial charge is 0.178 e. The minimum atomic E-state index is 0.188. The van der Waals surface area contributed by atoms with Crippen LogP contribution < -0.4 is 0 Å². The Hall–Kier alpha value is 0.0300. The Balaban J connectivity index is 2.14. The number of carbonyl (C=O) groups excluding carboxylic acids is 1. The van der Waals surface area contributed by atoms with Gasteiger partial charge in [-0.25, -0.2) is 0 Å². The van der Waals surface area contributed by atoms with Crippen LogP contribution in [0.1, 0.15) is 20.1 Å². The molecule has 5 heteroatoms. The zero-order chi connectivity index (χ0) is 11.7. The summed E-state index contributed by atoms with van der Waals surface area (Å²) >= 11 is 9.95. The van der Waals surface area contributed by atoms with E-state index in [0.717, 1.165) is 22.9 Å². The highest BCUT2D eigenvalue weighted by Gasteiger charge is 2.12. The maximum atomic E-state index is 12.0. The Bertz CT molecular complexity index is 508. The molecular weight excluding hydrogens is 372 g/mol. The first-order chi connectivity index (χ1) is 7.56. The van der Waals surface area contributed by atoms with Crippen LogP contribution in [0.25, 0.3) is 0 Å². The molecule has 0 N–H and O–H groups in total. The van der Waals surface area contributed by atoms with Gasteiger partial charge in [0.1, 0.15) is 0 Å². The molecule has 2 rings (SSSR count). The molecule has 0 aliphatic heterocycles. The van der Waals surface area contributed by atoms with Gasteiger partial charge in [0.2, 0.25) is 0 Å². The number of rotatable bonds is 3. The van der Waals surface area contributed by atoms with Crippen LogP contribution in [-0.2, 0) is 6.42 Å². The number of Topliss-reactive ketones (excluding diaryl/α,β-unsaturated/α-hetero) is 1. The van der Waals surface area contributed by atoms with Crippen molar-refractivity contribution < 1.29 is 4.79 Å². The molecule has 0 spiro atoms. The third-order valence-electron chi connectivity index (χ3n) is 2.10. The maximum absolute atomic E-state index is 12.0. The van der Waals surface area contributed by atoms with Crippen molar-refractivity contribution in [2.24, 2.45) is 0 Å². The zero-order valence-corrected chi connectivity index (χ0v) is 13.2. The average Bonchev–Trinajstić information content (AvgIpc) is 2.75. The van der Waals surface area contributed by atoms with Gasteiger partial charge in [-0.1, -0.05) is 0 Å². The number of carbonyl (C=O) groups is 1. The lowest BCUT2D eigenvalue weighted by Gasteiger charge is -1.93. The summed E-state index contributed by atoms with van der Waals surface area (Å²) in [6, 6.07) is 5.91. The van der Waals surface area contributed by atoms with E-state index in [9.17, 15) is 4.79 Å². The van der Waals surface area contributed by atoms with E-state index >= 15 is 0 Å². The van der Waals surface area contributed by atoms with Crippen molar-refractivity contribution in [3.05, 3.63) is 41.1 Å². The second kappa shape index (κ2) is 5.12. The number of halogens is 2. The minimum Gasteiger partial charge on any atom is -0.293 e. The molecule has 0 bridgehead atoms. The molecule has 2 aromatic rings. The quantitative estimate of drug-likeness (QED) is 0.680. The second-order valence-electron chi connectivity index (χ2n) is 3.37. The van der Waals surface area contributed by atoms with Crippen LogP contribution in [0.5, 0.6) is 0 Å². The molecule has 0 aliphatic rings. The lowest BCUT2D eigenvalue weighted by Crippen LogP contribution is -1.98. The SMILES string of the molecule is Cc1cc(C(=O)Cc2ccc(Br)s2)sc1Br. The normalized spacial score (nSPS) is 10.7. The number of hydrogen-bond donors (Lipinski definition) is 0. The van der Waals surface area contributed by atoms with Crippen LogP contribution in [0.15, 0.2) is 25.8 Å². The van der Waals surface area contributed by atoms with Gasteiger partial charge in [0, 0.05) is 11.3 Å². The second-order valence-corrected chi connectivity index (χ2v) is 8.29. The maximum Gasteiger partial charge on any atom is 0.178 e. The minimum absolute atomic E-state index is 0.188. The highest BCUT2D eigenvalue weighted by atomic mass is 79.9. The van der Waals surface area contributed by atoms with Gasteiger partial charge in [0.05, 0.1) is 12.4 Å². The molecule has 0 aliphatic carbocycles. The monoisotopic (exact) mass is 378 g/mol. The molecule has 0 atom stereocenters. The van der Waals surface area contributed by atoms with Crippen LogP contribution in [0.4, 0.5) is 0 Å². The first kappa shape index (κ1) is 12.5. The molecule has 0 fully saturated rings. The number of thiophene rings is 2. The molecule has 0 saturated carbocycles. The van der Waals surface area contributed by atoms with Crippen molar-refractivity contribution in [3.8, 4) is 0 Å². The van der Waals surface area contributed by atoms with Crippen molar-refractivity contribution in [3.63, 3.8) is 0 Å². The van der Waals surface area contributed by atoms with Gasteiger partial charge < -0.3 is 0 Å². The van der Waals surface area contributed by atoms with E-state index in [1.54, 1.807) is 11.3 Å². The topological polar surface area (TPSA) is 17.1 Å². The van der Waals surface area contributed by atoms with Crippen LogP contribution in [0.3, 0.4) is 0 Å². The fourth-order valence-corrected chi connectivity index (χ4v) is 4.24. The van der Waals surface area contributed by atoms with Gasteiger partial charge in [0.25, 0.3) is 0 Å². The molecule has 0 saturated heterocycles. The van der Waals surface area contributed by atoms with E-state index in [2.05, 4.69) is 31.9 Å². The summed E-state index contributed by atoms with van der Waals surface area (Å²) < 4.78 is 2.11. The molecule has 0 unspecified atom stereocenters. The van der Waals surface area contributed by atoms with Crippen LogP contribution in [0.2, 0.25) is 0 Å². The Morgan fingerprint density at radius 2 is 2.06 bits per heavy atom.